The highest BCUT2D eigenvalue weighted by molar-refractivity contribution is 7.92. The molecule has 0 unspecified atom stereocenters. The summed E-state index contributed by atoms with van der Waals surface area (Å²) >= 11 is 0. The standard InChI is InChI=1S/C11H16F3N3O2S/c12-11(13,14)20(18,19)10-4-2-1-3-9(10)17(7-5-15)8-6-16/h1-4H,5-8,15-16H2. The first-order chi connectivity index (χ1) is 9.25. The largest absolute Gasteiger partial charge is 0.501 e. The Morgan fingerprint density at radius 3 is 2.00 bits per heavy atom. The van der Waals surface area contributed by atoms with Crippen molar-refractivity contribution in [1.29, 1.82) is 0 Å². The number of sulfone groups is 1. The fourth-order valence-electron chi connectivity index (χ4n) is 1.73. The van der Waals surface area contributed by atoms with Gasteiger partial charge in [0.15, 0.2) is 0 Å². The van der Waals surface area contributed by atoms with Crippen LogP contribution in [0.15, 0.2) is 29.2 Å². The number of para-hydroxylation sites is 1. The van der Waals surface area contributed by atoms with Gasteiger partial charge in [-0.25, -0.2) is 8.42 Å². The van der Waals surface area contributed by atoms with Gasteiger partial charge in [-0.1, -0.05) is 12.1 Å². The molecule has 1 rings (SSSR count). The molecule has 0 saturated carbocycles. The number of nitrogens with zero attached hydrogens (tertiary/aromatic N) is 1. The zero-order valence-electron chi connectivity index (χ0n) is 10.6. The van der Waals surface area contributed by atoms with Gasteiger partial charge in [-0.15, -0.1) is 0 Å². The van der Waals surface area contributed by atoms with Gasteiger partial charge in [-0.3, -0.25) is 0 Å². The first-order valence-corrected chi connectivity index (χ1v) is 7.29. The molecule has 0 heterocycles. The molecule has 0 atom stereocenters. The second-order valence-corrected chi connectivity index (χ2v) is 5.89. The van der Waals surface area contributed by atoms with Gasteiger partial charge in [0, 0.05) is 26.2 Å². The zero-order chi connectivity index (χ0) is 15.4. The summed E-state index contributed by atoms with van der Waals surface area (Å²) in [5.41, 5.74) is 5.39. The molecule has 0 fully saturated rings. The third kappa shape index (κ3) is 3.41. The van der Waals surface area contributed by atoms with Crippen molar-refractivity contribution in [2.75, 3.05) is 31.1 Å². The Balaban J connectivity index is 3.37. The minimum absolute atomic E-state index is 0.0410. The van der Waals surface area contributed by atoms with Crippen molar-refractivity contribution in [3.8, 4) is 0 Å². The van der Waals surface area contributed by atoms with E-state index in [4.69, 9.17) is 11.5 Å². The van der Waals surface area contributed by atoms with Crippen molar-refractivity contribution < 1.29 is 21.6 Å². The van der Waals surface area contributed by atoms with Crippen molar-refractivity contribution in [3.63, 3.8) is 0 Å². The summed E-state index contributed by atoms with van der Waals surface area (Å²) in [5.74, 6) is 0. The van der Waals surface area contributed by atoms with Gasteiger partial charge in [0.2, 0.25) is 0 Å². The zero-order valence-corrected chi connectivity index (χ0v) is 11.4. The molecule has 1 aromatic rings. The molecule has 0 saturated heterocycles. The maximum absolute atomic E-state index is 12.7. The lowest BCUT2D eigenvalue weighted by Crippen LogP contribution is -2.35. The van der Waals surface area contributed by atoms with E-state index in [0.29, 0.717) is 0 Å². The average Bonchev–Trinajstić information content (AvgIpc) is 2.37. The topological polar surface area (TPSA) is 89.4 Å². The molecule has 0 radical (unpaired) electrons. The second kappa shape index (κ2) is 6.42. The van der Waals surface area contributed by atoms with Crippen LogP contribution in [0.5, 0.6) is 0 Å². The van der Waals surface area contributed by atoms with Gasteiger partial charge in [0.05, 0.1) is 10.6 Å². The number of hydrogen-bond acceptors (Lipinski definition) is 5. The predicted molar refractivity (Wildman–Crippen MR) is 70.0 cm³/mol. The highest BCUT2D eigenvalue weighted by Gasteiger charge is 2.48. The minimum atomic E-state index is -5.41. The van der Waals surface area contributed by atoms with Gasteiger partial charge in [-0.2, -0.15) is 13.2 Å². The van der Waals surface area contributed by atoms with E-state index in [1.54, 1.807) is 0 Å². The lowest BCUT2D eigenvalue weighted by Gasteiger charge is -2.26. The molecule has 20 heavy (non-hydrogen) atoms. The van der Waals surface area contributed by atoms with Crippen LogP contribution in [-0.2, 0) is 9.84 Å². The van der Waals surface area contributed by atoms with E-state index in [2.05, 4.69) is 0 Å². The summed E-state index contributed by atoms with van der Waals surface area (Å²) in [5, 5.41) is 0. The fourth-order valence-corrected chi connectivity index (χ4v) is 2.71. The molecule has 5 nitrogen and oxygen atoms in total. The van der Waals surface area contributed by atoms with Crippen LogP contribution in [0.3, 0.4) is 0 Å². The van der Waals surface area contributed by atoms with Crippen LogP contribution in [0.25, 0.3) is 0 Å². The third-order valence-corrected chi connectivity index (χ3v) is 4.13. The molecular formula is C11H16F3N3O2S. The number of benzene rings is 1. The minimum Gasteiger partial charge on any atom is -0.368 e. The monoisotopic (exact) mass is 311 g/mol. The van der Waals surface area contributed by atoms with Crippen LogP contribution in [0.2, 0.25) is 0 Å². The first-order valence-electron chi connectivity index (χ1n) is 5.81. The molecular weight excluding hydrogens is 295 g/mol. The van der Waals surface area contributed by atoms with Crippen molar-refractivity contribution >= 4 is 15.5 Å². The average molecular weight is 311 g/mol. The molecule has 1 aromatic carbocycles. The number of anilines is 1. The van der Waals surface area contributed by atoms with E-state index in [1.807, 2.05) is 0 Å². The number of hydrogen-bond donors (Lipinski definition) is 2. The van der Waals surface area contributed by atoms with Gasteiger partial charge in [0.1, 0.15) is 0 Å². The van der Waals surface area contributed by atoms with Gasteiger partial charge < -0.3 is 16.4 Å². The van der Waals surface area contributed by atoms with Crippen LogP contribution in [0.4, 0.5) is 18.9 Å². The Kier molecular flexibility index (Phi) is 5.37. The van der Waals surface area contributed by atoms with Gasteiger partial charge >= 0.3 is 5.51 Å². The van der Waals surface area contributed by atoms with Gasteiger partial charge in [0.25, 0.3) is 9.84 Å². The van der Waals surface area contributed by atoms with E-state index in [1.165, 1.54) is 23.1 Å². The smallest absolute Gasteiger partial charge is 0.368 e. The Morgan fingerprint density at radius 2 is 1.55 bits per heavy atom. The van der Waals surface area contributed by atoms with E-state index in [9.17, 15) is 21.6 Å². The maximum Gasteiger partial charge on any atom is 0.501 e. The quantitative estimate of drug-likeness (QED) is 0.807. The van der Waals surface area contributed by atoms with E-state index in [0.717, 1.165) is 6.07 Å². The van der Waals surface area contributed by atoms with Crippen LogP contribution in [0, 0.1) is 0 Å². The molecule has 114 valence electrons. The van der Waals surface area contributed by atoms with Crippen molar-refractivity contribution in [2.24, 2.45) is 11.5 Å². The summed E-state index contributed by atoms with van der Waals surface area (Å²) in [7, 11) is -5.41. The Labute approximate surface area is 115 Å². The highest BCUT2D eigenvalue weighted by atomic mass is 32.2. The summed E-state index contributed by atoms with van der Waals surface area (Å²) in [6.07, 6.45) is 0. The molecule has 9 heteroatoms. The lowest BCUT2D eigenvalue weighted by molar-refractivity contribution is -0.0435. The second-order valence-electron chi connectivity index (χ2n) is 3.98. The Bertz CT molecular complexity index is 540. The van der Waals surface area contributed by atoms with Crippen molar-refractivity contribution in [2.45, 2.75) is 10.4 Å². The number of alkyl halides is 3. The molecule has 0 aromatic heterocycles. The molecule has 0 aliphatic heterocycles. The summed E-state index contributed by atoms with van der Waals surface area (Å²) < 4.78 is 61.2. The molecule has 4 N–H and O–H groups in total. The molecule has 0 aliphatic rings. The van der Waals surface area contributed by atoms with Crippen LogP contribution < -0.4 is 16.4 Å². The Morgan fingerprint density at radius 1 is 1.05 bits per heavy atom. The molecule has 0 spiro atoms. The first kappa shape index (κ1) is 16.7. The van der Waals surface area contributed by atoms with E-state index < -0.39 is 20.2 Å². The highest BCUT2D eigenvalue weighted by Crippen LogP contribution is 2.35. The SMILES string of the molecule is NCCN(CCN)c1ccccc1S(=O)(=O)C(F)(F)F. The van der Waals surface area contributed by atoms with E-state index >= 15 is 0 Å². The number of nitrogens with two attached hydrogens (primary N) is 2. The normalized spacial score (nSPS) is 12.4. The fraction of sp³-hybridized carbons (Fsp3) is 0.455. The summed E-state index contributed by atoms with van der Waals surface area (Å²) in [4.78, 5) is 0.646. The van der Waals surface area contributed by atoms with Crippen molar-refractivity contribution in [3.05, 3.63) is 24.3 Å². The maximum atomic E-state index is 12.7. The summed E-state index contributed by atoms with van der Waals surface area (Å²) in [6.45, 7) is 0.754. The van der Waals surface area contributed by atoms with Crippen LogP contribution >= 0.6 is 0 Å². The van der Waals surface area contributed by atoms with Crippen molar-refractivity contribution in [1.82, 2.24) is 0 Å². The third-order valence-electron chi connectivity index (χ3n) is 2.60. The lowest BCUT2D eigenvalue weighted by atomic mass is 10.3. The number of rotatable bonds is 6. The Hall–Kier alpha value is -1.32. The van der Waals surface area contributed by atoms with Gasteiger partial charge in [-0.05, 0) is 12.1 Å². The molecule has 0 amide bonds. The summed E-state index contributed by atoms with van der Waals surface area (Å²) in [6, 6.07) is 4.94. The molecule has 0 aliphatic carbocycles. The van der Waals surface area contributed by atoms with E-state index in [-0.39, 0.29) is 31.9 Å². The van der Waals surface area contributed by atoms with Crippen LogP contribution in [-0.4, -0.2) is 40.1 Å². The molecule has 0 bridgehead atoms. The number of halogens is 3. The van der Waals surface area contributed by atoms with Crippen LogP contribution in [0.1, 0.15) is 0 Å². The predicted octanol–water partition coefficient (Wildman–Crippen LogP) is 0.704.